The number of carbonyl (C=O) groups excluding carboxylic acids is 2. The Morgan fingerprint density at radius 1 is 0.964 bits per heavy atom. The van der Waals surface area contributed by atoms with E-state index in [2.05, 4.69) is 5.32 Å². The van der Waals surface area contributed by atoms with Gasteiger partial charge in [-0.25, -0.2) is 0 Å². The van der Waals surface area contributed by atoms with E-state index < -0.39 is 0 Å². The van der Waals surface area contributed by atoms with Crippen molar-refractivity contribution in [1.29, 1.82) is 0 Å². The summed E-state index contributed by atoms with van der Waals surface area (Å²) >= 11 is 0. The molecule has 4 aliphatic rings. The first-order chi connectivity index (χ1) is 13.5. The van der Waals surface area contributed by atoms with E-state index in [9.17, 15) is 9.59 Å². The topological polar surface area (TPSA) is 59.1 Å². The van der Waals surface area contributed by atoms with Crippen molar-refractivity contribution in [3.8, 4) is 0 Å². The Kier molecular flexibility index (Phi) is 4.11. The zero-order chi connectivity index (χ0) is 19.3. The summed E-state index contributed by atoms with van der Waals surface area (Å²) in [6.45, 7) is 1.53. The van der Waals surface area contributed by atoms with Gasteiger partial charge in [0.1, 0.15) is 0 Å². The number of pyridine rings is 1. The van der Waals surface area contributed by atoms with Crippen molar-refractivity contribution >= 4 is 17.4 Å². The van der Waals surface area contributed by atoms with E-state index in [1.54, 1.807) is 30.5 Å². The number of anilines is 1. The van der Waals surface area contributed by atoms with E-state index in [1.165, 1.54) is 45.4 Å². The number of nitrogens with zero attached hydrogens (tertiary/aromatic N) is 1. The molecule has 0 spiro atoms. The monoisotopic (exact) mass is 374 g/mol. The molecule has 1 amide bonds. The average Bonchev–Trinajstić information content (AvgIpc) is 2.67. The summed E-state index contributed by atoms with van der Waals surface area (Å²) in [5.41, 5.74) is 3.18. The van der Waals surface area contributed by atoms with Crippen molar-refractivity contribution in [2.45, 2.75) is 50.9 Å². The normalized spacial score (nSPS) is 30.2. The highest BCUT2D eigenvalue weighted by atomic mass is 16.1. The predicted octanol–water partition coefficient (Wildman–Crippen LogP) is 5.00. The third kappa shape index (κ3) is 3.05. The molecule has 4 nitrogen and oxygen atoms in total. The van der Waals surface area contributed by atoms with Crippen molar-refractivity contribution in [2.75, 3.05) is 5.32 Å². The minimum Gasteiger partial charge on any atom is -0.322 e. The zero-order valence-corrected chi connectivity index (χ0v) is 16.3. The number of hydrogen-bond acceptors (Lipinski definition) is 3. The van der Waals surface area contributed by atoms with E-state index in [-0.39, 0.29) is 17.1 Å². The fourth-order valence-corrected chi connectivity index (χ4v) is 6.31. The summed E-state index contributed by atoms with van der Waals surface area (Å²) in [5.74, 6) is 2.39. The Morgan fingerprint density at radius 2 is 1.64 bits per heavy atom. The molecule has 0 unspecified atom stereocenters. The summed E-state index contributed by atoms with van der Waals surface area (Å²) in [4.78, 5) is 29.2. The number of aromatic nitrogens is 1. The summed E-state index contributed by atoms with van der Waals surface area (Å²) in [7, 11) is 0. The first-order valence-electron chi connectivity index (χ1n) is 10.4. The van der Waals surface area contributed by atoms with Crippen LogP contribution in [0.2, 0.25) is 0 Å². The lowest BCUT2D eigenvalue weighted by atomic mass is 9.48. The molecule has 1 heterocycles. The first-order valence-corrected chi connectivity index (χ1v) is 10.4. The molecule has 1 aromatic carbocycles. The molecular formula is C24H26N2O2. The van der Waals surface area contributed by atoms with Gasteiger partial charge in [0.05, 0.1) is 0 Å². The molecule has 4 heteroatoms. The van der Waals surface area contributed by atoms with Gasteiger partial charge in [0.2, 0.25) is 0 Å². The fraction of sp³-hybridized carbons (Fsp3) is 0.458. The maximum Gasteiger partial charge on any atom is 0.255 e. The molecule has 4 bridgehead atoms. The van der Waals surface area contributed by atoms with Crippen molar-refractivity contribution in [1.82, 2.24) is 4.98 Å². The Hall–Kier alpha value is -2.49. The van der Waals surface area contributed by atoms with Crippen LogP contribution in [0.1, 0.15) is 71.9 Å². The van der Waals surface area contributed by atoms with E-state index in [4.69, 9.17) is 4.98 Å². The maximum absolute atomic E-state index is 12.9. The number of Topliss-reactive ketones (excluding diaryl/α,β-unsaturated/α-hetero) is 1. The summed E-state index contributed by atoms with van der Waals surface area (Å²) < 4.78 is 0. The molecular weight excluding hydrogens is 348 g/mol. The standard InChI is InChI=1S/C24H26N2O2/c1-15(27)19-3-2-4-21(10-19)26-23(28)20-5-6-25-22(11-20)24-12-16-7-17(13-24)9-18(8-16)14-24/h2-6,10-11,16-18H,7-9,12-14H2,1H3,(H,26,28). The van der Waals surface area contributed by atoms with Crippen molar-refractivity contribution in [3.63, 3.8) is 0 Å². The van der Waals surface area contributed by atoms with E-state index in [0.29, 0.717) is 16.8 Å². The number of rotatable bonds is 4. The van der Waals surface area contributed by atoms with Gasteiger partial charge in [-0.2, -0.15) is 0 Å². The molecule has 0 saturated heterocycles. The Morgan fingerprint density at radius 3 is 2.29 bits per heavy atom. The highest BCUT2D eigenvalue weighted by Crippen LogP contribution is 2.60. The number of carbonyl (C=O) groups is 2. The minimum atomic E-state index is -0.144. The van der Waals surface area contributed by atoms with Gasteiger partial charge in [-0.05, 0) is 87.5 Å². The minimum absolute atomic E-state index is 0.0101. The molecule has 0 radical (unpaired) electrons. The van der Waals surface area contributed by atoms with E-state index in [1.807, 2.05) is 12.1 Å². The van der Waals surface area contributed by atoms with Crippen LogP contribution in [0.3, 0.4) is 0 Å². The molecule has 1 aromatic heterocycles. The molecule has 6 rings (SSSR count). The van der Waals surface area contributed by atoms with Crippen LogP contribution in [0.25, 0.3) is 0 Å². The summed E-state index contributed by atoms with van der Waals surface area (Å²) in [5, 5.41) is 2.94. The van der Waals surface area contributed by atoms with Crippen LogP contribution in [-0.2, 0) is 5.41 Å². The number of ketones is 1. The lowest BCUT2D eigenvalue weighted by Crippen LogP contribution is -2.49. The molecule has 4 aliphatic carbocycles. The quantitative estimate of drug-likeness (QED) is 0.766. The third-order valence-corrected chi connectivity index (χ3v) is 7.13. The van der Waals surface area contributed by atoms with Gasteiger partial charge in [0.25, 0.3) is 5.91 Å². The van der Waals surface area contributed by atoms with Crippen LogP contribution in [0.15, 0.2) is 42.6 Å². The Balaban J connectivity index is 1.39. The molecule has 28 heavy (non-hydrogen) atoms. The maximum atomic E-state index is 12.9. The van der Waals surface area contributed by atoms with Crippen molar-refractivity contribution in [3.05, 3.63) is 59.4 Å². The smallest absolute Gasteiger partial charge is 0.255 e. The van der Waals surface area contributed by atoms with Gasteiger partial charge < -0.3 is 5.32 Å². The number of hydrogen-bond donors (Lipinski definition) is 1. The van der Waals surface area contributed by atoms with Crippen LogP contribution in [-0.4, -0.2) is 16.7 Å². The van der Waals surface area contributed by atoms with Gasteiger partial charge in [0, 0.05) is 34.1 Å². The molecule has 0 atom stereocenters. The fourth-order valence-electron chi connectivity index (χ4n) is 6.31. The SMILES string of the molecule is CC(=O)c1cccc(NC(=O)c2ccnc(C34CC5CC(CC(C5)C3)C4)c2)c1. The summed E-state index contributed by atoms with van der Waals surface area (Å²) in [6, 6.07) is 10.9. The van der Waals surface area contributed by atoms with E-state index in [0.717, 1.165) is 23.4 Å². The average molecular weight is 374 g/mol. The van der Waals surface area contributed by atoms with Crippen molar-refractivity contribution < 1.29 is 9.59 Å². The molecule has 4 fully saturated rings. The third-order valence-electron chi connectivity index (χ3n) is 7.13. The van der Waals surface area contributed by atoms with Gasteiger partial charge >= 0.3 is 0 Å². The number of amides is 1. The molecule has 144 valence electrons. The first kappa shape index (κ1) is 17.6. The second-order valence-corrected chi connectivity index (χ2v) is 9.22. The second-order valence-electron chi connectivity index (χ2n) is 9.22. The van der Waals surface area contributed by atoms with Gasteiger partial charge in [-0.3, -0.25) is 14.6 Å². The second kappa shape index (κ2) is 6.54. The van der Waals surface area contributed by atoms with Crippen molar-refractivity contribution in [2.24, 2.45) is 17.8 Å². The lowest BCUT2D eigenvalue weighted by Gasteiger charge is -2.56. The highest BCUT2D eigenvalue weighted by molar-refractivity contribution is 6.05. The van der Waals surface area contributed by atoms with Gasteiger partial charge in [-0.1, -0.05) is 12.1 Å². The lowest BCUT2D eigenvalue weighted by molar-refractivity contribution is -0.00721. The van der Waals surface area contributed by atoms with Crippen LogP contribution in [0, 0.1) is 17.8 Å². The molecule has 2 aromatic rings. The highest BCUT2D eigenvalue weighted by Gasteiger charge is 2.52. The summed E-state index contributed by atoms with van der Waals surface area (Å²) in [6.07, 6.45) is 9.67. The van der Waals surface area contributed by atoms with Crippen LogP contribution in [0.4, 0.5) is 5.69 Å². The molecule has 1 N–H and O–H groups in total. The zero-order valence-electron chi connectivity index (χ0n) is 16.3. The van der Waals surface area contributed by atoms with Crippen LogP contribution >= 0.6 is 0 Å². The van der Waals surface area contributed by atoms with Crippen LogP contribution < -0.4 is 5.32 Å². The molecule has 4 saturated carbocycles. The number of nitrogens with one attached hydrogen (secondary N) is 1. The Bertz CT molecular complexity index is 914. The van der Waals surface area contributed by atoms with E-state index >= 15 is 0 Å². The largest absolute Gasteiger partial charge is 0.322 e. The Labute approximate surface area is 165 Å². The predicted molar refractivity (Wildman–Crippen MR) is 108 cm³/mol. The number of benzene rings is 1. The van der Waals surface area contributed by atoms with Gasteiger partial charge in [-0.15, -0.1) is 0 Å². The van der Waals surface area contributed by atoms with Gasteiger partial charge in [0.15, 0.2) is 5.78 Å². The molecule has 0 aliphatic heterocycles. The van der Waals surface area contributed by atoms with Crippen LogP contribution in [0.5, 0.6) is 0 Å².